The molecule has 2 aromatic carbocycles. The van der Waals surface area contributed by atoms with Crippen molar-refractivity contribution in [2.75, 3.05) is 24.5 Å². The van der Waals surface area contributed by atoms with Crippen LogP contribution in [0, 0.1) is 0 Å². The number of halogens is 3. The summed E-state index contributed by atoms with van der Waals surface area (Å²) in [4.78, 5) is 2.44. The Hall–Kier alpha value is -0.740. The molecule has 1 aliphatic rings. The summed E-state index contributed by atoms with van der Waals surface area (Å²) in [5.74, 6) is 0. The number of nitrogens with zero attached hydrogens (tertiary/aromatic N) is 1. The molecule has 5 heteroatoms. The smallest absolute Gasteiger partial charge is 0.0667 e. The molecule has 1 atom stereocenters. The second-order valence-corrected chi connectivity index (χ2v) is 6.29. The first-order chi connectivity index (χ1) is 9.74. The van der Waals surface area contributed by atoms with Crippen LogP contribution in [0.2, 0.25) is 5.02 Å². The Balaban J connectivity index is 0.00000161. The Morgan fingerprint density at radius 2 is 1.71 bits per heavy atom. The molecule has 0 aliphatic carbocycles. The van der Waals surface area contributed by atoms with Crippen LogP contribution in [-0.4, -0.2) is 19.6 Å². The van der Waals surface area contributed by atoms with Crippen molar-refractivity contribution in [1.82, 2.24) is 5.32 Å². The lowest BCUT2D eigenvalue weighted by Crippen LogP contribution is -2.46. The lowest BCUT2D eigenvalue weighted by molar-refractivity contribution is 0.490. The van der Waals surface area contributed by atoms with E-state index in [1.54, 1.807) is 0 Å². The minimum Gasteiger partial charge on any atom is -0.362 e. The van der Waals surface area contributed by atoms with Crippen molar-refractivity contribution in [2.45, 2.75) is 6.04 Å². The molecule has 0 aromatic heterocycles. The molecule has 0 saturated carbocycles. The van der Waals surface area contributed by atoms with E-state index in [9.17, 15) is 0 Å². The summed E-state index contributed by atoms with van der Waals surface area (Å²) in [5, 5.41) is 4.26. The molecule has 2 nitrogen and oxygen atoms in total. The highest BCUT2D eigenvalue weighted by Gasteiger charge is 2.23. The molecule has 21 heavy (non-hydrogen) atoms. The van der Waals surface area contributed by atoms with Crippen molar-refractivity contribution in [2.24, 2.45) is 0 Å². The zero-order chi connectivity index (χ0) is 13.9. The van der Waals surface area contributed by atoms with Gasteiger partial charge in [0, 0.05) is 34.8 Å². The van der Waals surface area contributed by atoms with E-state index in [0.717, 1.165) is 29.1 Å². The molecule has 1 fully saturated rings. The van der Waals surface area contributed by atoms with Gasteiger partial charge in [-0.2, -0.15) is 0 Å². The number of anilines is 1. The molecule has 2 aromatic rings. The van der Waals surface area contributed by atoms with E-state index in [-0.39, 0.29) is 12.4 Å². The second-order valence-electron chi connectivity index (χ2n) is 4.94. The predicted molar refractivity (Wildman–Crippen MR) is 95.8 cm³/mol. The number of nitrogens with one attached hydrogen (secondary N) is 1. The normalized spacial score (nSPS) is 18.2. The van der Waals surface area contributed by atoms with Crippen LogP contribution in [0.25, 0.3) is 0 Å². The van der Waals surface area contributed by atoms with E-state index in [2.05, 4.69) is 62.5 Å². The van der Waals surface area contributed by atoms with Crippen LogP contribution in [0.1, 0.15) is 11.6 Å². The molecular formula is C16H17BrCl2N2. The van der Waals surface area contributed by atoms with Gasteiger partial charge in [-0.3, -0.25) is 0 Å². The Kier molecular flexibility index (Phi) is 5.94. The molecule has 3 rings (SSSR count). The van der Waals surface area contributed by atoms with E-state index in [1.807, 2.05) is 12.1 Å². The Bertz CT molecular complexity index is 518. The molecule has 1 unspecified atom stereocenters. The minimum atomic E-state index is 0. The van der Waals surface area contributed by atoms with E-state index >= 15 is 0 Å². The third kappa shape index (κ3) is 3.92. The SMILES string of the molecule is Cl.Clc1ccc(N2CCNCC2c2ccc(Br)cc2)cc1. The number of hydrogen-bond donors (Lipinski definition) is 1. The fourth-order valence-corrected chi connectivity index (χ4v) is 3.02. The number of piperazine rings is 1. The Morgan fingerprint density at radius 1 is 1.05 bits per heavy atom. The standard InChI is InChI=1S/C16H16BrClN2.ClH/c17-13-3-1-12(2-4-13)16-11-19-9-10-20(16)15-7-5-14(18)6-8-15;/h1-8,16,19H,9-11H2;1H. The van der Waals surface area contributed by atoms with Gasteiger partial charge < -0.3 is 10.2 Å². The van der Waals surface area contributed by atoms with Gasteiger partial charge >= 0.3 is 0 Å². The van der Waals surface area contributed by atoms with Gasteiger partial charge in [-0.05, 0) is 42.0 Å². The lowest BCUT2D eigenvalue weighted by atomic mass is 10.0. The summed E-state index contributed by atoms with van der Waals surface area (Å²) in [5.41, 5.74) is 2.55. The average Bonchev–Trinajstić information content (AvgIpc) is 2.49. The summed E-state index contributed by atoms with van der Waals surface area (Å²) in [6, 6.07) is 17.0. The monoisotopic (exact) mass is 386 g/mol. The highest BCUT2D eigenvalue weighted by Crippen LogP contribution is 2.29. The highest BCUT2D eigenvalue weighted by molar-refractivity contribution is 9.10. The molecule has 112 valence electrons. The minimum absolute atomic E-state index is 0. The van der Waals surface area contributed by atoms with Crippen molar-refractivity contribution in [3.63, 3.8) is 0 Å². The molecule has 1 heterocycles. The zero-order valence-electron chi connectivity index (χ0n) is 11.4. The fourth-order valence-electron chi connectivity index (χ4n) is 2.63. The van der Waals surface area contributed by atoms with Gasteiger partial charge in [-0.25, -0.2) is 0 Å². The van der Waals surface area contributed by atoms with E-state index in [4.69, 9.17) is 11.6 Å². The second kappa shape index (κ2) is 7.50. The largest absolute Gasteiger partial charge is 0.362 e. The number of benzene rings is 2. The van der Waals surface area contributed by atoms with Gasteiger partial charge in [0.15, 0.2) is 0 Å². The van der Waals surface area contributed by atoms with Gasteiger partial charge in [0.05, 0.1) is 6.04 Å². The predicted octanol–water partition coefficient (Wildman–Crippen LogP) is 4.68. The third-order valence-corrected chi connectivity index (χ3v) is 4.44. The van der Waals surface area contributed by atoms with Crippen LogP contribution in [0.3, 0.4) is 0 Å². The highest BCUT2D eigenvalue weighted by atomic mass is 79.9. The van der Waals surface area contributed by atoms with Crippen molar-refractivity contribution in [3.8, 4) is 0 Å². The Labute approximate surface area is 145 Å². The maximum Gasteiger partial charge on any atom is 0.0667 e. The maximum absolute atomic E-state index is 5.99. The van der Waals surface area contributed by atoms with Crippen molar-refractivity contribution < 1.29 is 0 Å². The first kappa shape index (κ1) is 16.6. The molecule has 1 saturated heterocycles. The van der Waals surface area contributed by atoms with Crippen LogP contribution in [0.15, 0.2) is 53.0 Å². The summed E-state index contributed by atoms with van der Waals surface area (Å²) >= 11 is 9.48. The average molecular weight is 388 g/mol. The fraction of sp³-hybridized carbons (Fsp3) is 0.250. The zero-order valence-corrected chi connectivity index (χ0v) is 14.6. The van der Waals surface area contributed by atoms with Crippen LogP contribution in [0.4, 0.5) is 5.69 Å². The third-order valence-electron chi connectivity index (χ3n) is 3.66. The number of hydrogen-bond acceptors (Lipinski definition) is 2. The van der Waals surface area contributed by atoms with Gasteiger partial charge in [0.1, 0.15) is 0 Å². The molecular weight excluding hydrogens is 371 g/mol. The van der Waals surface area contributed by atoms with Crippen molar-refractivity contribution >= 4 is 45.6 Å². The van der Waals surface area contributed by atoms with Crippen molar-refractivity contribution in [3.05, 3.63) is 63.6 Å². The first-order valence-electron chi connectivity index (χ1n) is 6.72. The van der Waals surface area contributed by atoms with Crippen LogP contribution in [-0.2, 0) is 0 Å². The maximum atomic E-state index is 5.99. The molecule has 0 radical (unpaired) electrons. The Morgan fingerprint density at radius 3 is 2.38 bits per heavy atom. The van der Waals surface area contributed by atoms with Crippen LogP contribution < -0.4 is 10.2 Å². The van der Waals surface area contributed by atoms with Gasteiger partial charge in [0.2, 0.25) is 0 Å². The molecule has 1 N–H and O–H groups in total. The topological polar surface area (TPSA) is 15.3 Å². The summed E-state index contributed by atoms with van der Waals surface area (Å²) < 4.78 is 1.11. The summed E-state index contributed by atoms with van der Waals surface area (Å²) in [7, 11) is 0. The van der Waals surface area contributed by atoms with Crippen molar-refractivity contribution in [1.29, 1.82) is 0 Å². The number of rotatable bonds is 2. The quantitative estimate of drug-likeness (QED) is 0.804. The van der Waals surface area contributed by atoms with E-state index in [1.165, 1.54) is 11.3 Å². The molecule has 1 aliphatic heterocycles. The molecule has 0 spiro atoms. The van der Waals surface area contributed by atoms with Crippen LogP contribution >= 0.6 is 39.9 Å². The lowest BCUT2D eigenvalue weighted by Gasteiger charge is -2.38. The van der Waals surface area contributed by atoms with Crippen LogP contribution in [0.5, 0.6) is 0 Å². The van der Waals surface area contributed by atoms with E-state index in [0.29, 0.717) is 6.04 Å². The van der Waals surface area contributed by atoms with Gasteiger partial charge in [-0.15, -0.1) is 12.4 Å². The van der Waals surface area contributed by atoms with Gasteiger partial charge in [-0.1, -0.05) is 39.7 Å². The van der Waals surface area contributed by atoms with E-state index < -0.39 is 0 Å². The van der Waals surface area contributed by atoms with Gasteiger partial charge in [0.25, 0.3) is 0 Å². The first-order valence-corrected chi connectivity index (χ1v) is 7.89. The molecule has 0 amide bonds. The summed E-state index contributed by atoms with van der Waals surface area (Å²) in [6.45, 7) is 2.97. The summed E-state index contributed by atoms with van der Waals surface area (Å²) in [6.07, 6.45) is 0. The molecule has 0 bridgehead atoms.